The van der Waals surface area contributed by atoms with Gasteiger partial charge in [-0.25, -0.2) is 8.42 Å². The zero-order chi connectivity index (χ0) is 12.3. The Morgan fingerprint density at radius 3 is 1.87 bits per heavy atom. The van der Waals surface area contributed by atoms with Gasteiger partial charge in [-0.05, 0) is 39.0 Å². The average Bonchev–Trinajstić information content (AvgIpc) is 2.13. The minimum Gasteiger partial charge on any atom is -0.396 e. The van der Waals surface area contributed by atoms with E-state index in [4.69, 9.17) is 0 Å². The number of rotatable bonds is 5. The summed E-state index contributed by atoms with van der Waals surface area (Å²) >= 11 is 0. The number of aliphatic hydroxyl groups is 1. The molecule has 0 aliphatic heterocycles. The lowest BCUT2D eigenvalue weighted by molar-refractivity contribution is 0.134. The third-order valence-corrected chi connectivity index (χ3v) is 5.75. The van der Waals surface area contributed by atoms with E-state index in [-0.39, 0.29) is 17.8 Å². The Morgan fingerprint density at radius 1 is 1.13 bits per heavy atom. The van der Waals surface area contributed by atoms with Gasteiger partial charge >= 0.3 is 0 Å². The SMILES string of the molecule is CCC(C)(CO)CCS(=O)(=O)C(C)(C)C. The van der Waals surface area contributed by atoms with E-state index in [1.165, 1.54) is 0 Å². The maximum atomic E-state index is 11.8. The maximum Gasteiger partial charge on any atom is 0.155 e. The average molecular weight is 236 g/mol. The Morgan fingerprint density at radius 2 is 1.60 bits per heavy atom. The number of aliphatic hydroxyl groups excluding tert-OH is 1. The fourth-order valence-electron chi connectivity index (χ4n) is 1.05. The fourth-order valence-corrected chi connectivity index (χ4v) is 2.43. The molecule has 0 aliphatic rings. The van der Waals surface area contributed by atoms with Gasteiger partial charge in [0.1, 0.15) is 0 Å². The Bertz CT molecular complexity index is 281. The van der Waals surface area contributed by atoms with Crippen LogP contribution in [0.4, 0.5) is 0 Å². The van der Waals surface area contributed by atoms with Crippen LogP contribution in [0.2, 0.25) is 0 Å². The molecule has 0 spiro atoms. The molecule has 0 heterocycles. The molecule has 92 valence electrons. The zero-order valence-electron chi connectivity index (χ0n) is 10.5. The molecule has 1 unspecified atom stereocenters. The molecule has 0 saturated carbocycles. The molecule has 1 N–H and O–H groups in total. The van der Waals surface area contributed by atoms with Gasteiger partial charge in [0.25, 0.3) is 0 Å². The second-order valence-corrected chi connectivity index (χ2v) is 8.37. The number of hydrogen-bond donors (Lipinski definition) is 1. The Labute approximate surface area is 93.8 Å². The van der Waals surface area contributed by atoms with E-state index in [1.807, 2.05) is 13.8 Å². The summed E-state index contributed by atoms with van der Waals surface area (Å²) in [7, 11) is -3.06. The Hall–Kier alpha value is -0.0900. The van der Waals surface area contributed by atoms with Crippen LogP contribution in [-0.2, 0) is 9.84 Å². The number of hydrogen-bond acceptors (Lipinski definition) is 3. The molecule has 0 aromatic carbocycles. The predicted molar refractivity (Wildman–Crippen MR) is 63.6 cm³/mol. The molecule has 15 heavy (non-hydrogen) atoms. The van der Waals surface area contributed by atoms with E-state index < -0.39 is 14.6 Å². The first kappa shape index (κ1) is 14.9. The smallest absolute Gasteiger partial charge is 0.155 e. The molecule has 0 rings (SSSR count). The lowest BCUT2D eigenvalue weighted by atomic mass is 9.86. The Balaban J connectivity index is 4.53. The van der Waals surface area contributed by atoms with Crippen LogP contribution in [0.15, 0.2) is 0 Å². The first-order valence-electron chi connectivity index (χ1n) is 5.41. The summed E-state index contributed by atoms with van der Waals surface area (Å²) in [6.45, 7) is 9.08. The lowest BCUT2D eigenvalue weighted by Crippen LogP contribution is -2.33. The first-order chi connectivity index (χ1) is 6.58. The topological polar surface area (TPSA) is 54.4 Å². The molecule has 0 aliphatic carbocycles. The van der Waals surface area contributed by atoms with Crippen LogP contribution >= 0.6 is 0 Å². The van der Waals surface area contributed by atoms with Gasteiger partial charge in [0, 0.05) is 6.61 Å². The minimum absolute atomic E-state index is 0.0448. The van der Waals surface area contributed by atoms with Crippen LogP contribution in [0.5, 0.6) is 0 Å². The second-order valence-electron chi connectivity index (χ2n) is 5.50. The monoisotopic (exact) mass is 236 g/mol. The van der Waals surface area contributed by atoms with Crippen molar-refractivity contribution in [1.82, 2.24) is 0 Å². The molecule has 0 amide bonds. The normalized spacial score (nSPS) is 17.5. The largest absolute Gasteiger partial charge is 0.396 e. The molecule has 4 heteroatoms. The lowest BCUT2D eigenvalue weighted by Gasteiger charge is -2.27. The van der Waals surface area contributed by atoms with Crippen LogP contribution in [0.25, 0.3) is 0 Å². The quantitative estimate of drug-likeness (QED) is 0.794. The molecule has 0 aromatic rings. The van der Waals surface area contributed by atoms with Gasteiger partial charge in [-0.2, -0.15) is 0 Å². The summed E-state index contributed by atoms with van der Waals surface area (Å²) in [6.07, 6.45) is 1.32. The molecule has 3 nitrogen and oxygen atoms in total. The highest BCUT2D eigenvalue weighted by Gasteiger charge is 2.31. The van der Waals surface area contributed by atoms with Crippen LogP contribution in [0.1, 0.15) is 47.5 Å². The summed E-state index contributed by atoms with van der Waals surface area (Å²) in [6, 6.07) is 0. The second kappa shape index (κ2) is 4.83. The van der Waals surface area contributed by atoms with Crippen molar-refractivity contribution in [2.24, 2.45) is 5.41 Å². The first-order valence-corrected chi connectivity index (χ1v) is 7.06. The van der Waals surface area contributed by atoms with Crippen molar-refractivity contribution in [2.75, 3.05) is 12.4 Å². The predicted octanol–water partition coefficient (Wildman–Crippen LogP) is 2.00. The molecular weight excluding hydrogens is 212 g/mol. The van der Waals surface area contributed by atoms with Gasteiger partial charge in [-0.15, -0.1) is 0 Å². The van der Waals surface area contributed by atoms with E-state index in [9.17, 15) is 13.5 Å². The van der Waals surface area contributed by atoms with E-state index in [0.717, 1.165) is 6.42 Å². The van der Waals surface area contributed by atoms with Crippen molar-refractivity contribution in [3.63, 3.8) is 0 Å². The molecule has 0 bridgehead atoms. The molecule has 0 aromatic heterocycles. The van der Waals surface area contributed by atoms with Gasteiger partial charge in [0.05, 0.1) is 10.5 Å². The third kappa shape index (κ3) is 4.11. The highest BCUT2D eigenvalue weighted by atomic mass is 32.2. The van der Waals surface area contributed by atoms with E-state index in [1.54, 1.807) is 20.8 Å². The summed E-state index contributed by atoms with van der Waals surface area (Å²) in [4.78, 5) is 0. The maximum absolute atomic E-state index is 11.8. The molecule has 1 atom stereocenters. The van der Waals surface area contributed by atoms with Gasteiger partial charge in [-0.3, -0.25) is 0 Å². The Kier molecular flexibility index (Phi) is 4.80. The summed E-state index contributed by atoms with van der Waals surface area (Å²) in [5, 5.41) is 9.19. The van der Waals surface area contributed by atoms with Crippen LogP contribution in [0, 0.1) is 5.41 Å². The van der Waals surface area contributed by atoms with Crippen molar-refractivity contribution in [3.8, 4) is 0 Å². The molecule has 0 radical (unpaired) electrons. The third-order valence-electron chi connectivity index (χ3n) is 3.14. The highest BCUT2D eigenvalue weighted by Crippen LogP contribution is 2.27. The van der Waals surface area contributed by atoms with Crippen molar-refractivity contribution in [3.05, 3.63) is 0 Å². The van der Waals surface area contributed by atoms with Crippen molar-refractivity contribution < 1.29 is 13.5 Å². The van der Waals surface area contributed by atoms with Gasteiger partial charge in [0.15, 0.2) is 9.84 Å². The fraction of sp³-hybridized carbons (Fsp3) is 1.00. The number of sulfone groups is 1. The summed E-state index contributed by atoms with van der Waals surface area (Å²) in [5.74, 6) is 0.154. The van der Waals surface area contributed by atoms with Crippen LogP contribution < -0.4 is 0 Å². The summed E-state index contributed by atoms with van der Waals surface area (Å²) in [5.41, 5.74) is -0.266. The van der Waals surface area contributed by atoms with Gasteiger partial charge in [0.2, 0.25) is 0 Å². The minimum atomic E-state index is -3.06. The van der Waals surface area contributed by atoms with Crippen LogP contribution in [0.3, 0.4) is 0 Å². The highest BCUT2D eigenvalue weighted by molar-refractivity contribution is 7.92. The molecule has 0 fully saturated rings. The van der Waals surface area contributed by atoms with Crippen molar-refractivity contribution in [2.45, 2.75) is 52.2 Å². The van der Waals surface area contributed by atoms with E-state index in [2.05, 4.69) is 0 Å². The zero-order valence-corrected chi connectivity index (χ0v) is 11.3. The van der Waals surface area contributed by atoms with Gasteiger partial charge < -0.3 is 5.11 Å². The van der Waals surface area contributed by atoms with Crippen molar-refractivity contribution in [1.29, 1.82) is 0 Å². The van der Waals surface area contributed by atoms with E-state index >= 15 is 0 Å². The van der Waals surface area contributed by atoms with Gasteiger partial charge in [-0.1, -0.05) is 13.8 Å². The molecule has 0 saturated heterocycles. The van der Waals surface area contributed by atoms with Crippen molar-refractivity contribution >= 4 is 9.84 Å². The van der Waals surface area contributed by atoms with E-state index in [0.29, 0.717) is 6.42 Å². The molecular formula is C11H24O3S. The standard InChI is InChI=1S/C11H24O3S/c1-6-11(5,9-12)7-8-15(13,14)10(2,3)4/h12H,6-9H2,1-5H3. The summed E-state index contributed by atoms with van der Waals surface area (Å²) < 4.78 is 23.0. The van der Waals surface area contributed by atoms with Crippen LogP contribution in [-0.4, -0.2) is 30.6 Å².